The molecule has 1 fully saturated rings. The molecule has 134 valence electrons. The van der Waals surface area contributed by atoms with Crippen molar-refractivity contribution in [2.75, 3.05) is 6.61 Å². The van der Waals surface area contributed by atoms with Crippen LogP contribution in [-0.2, 0) is 9.53 Å². The monoisotopic (exact) mass is 352 g/mol. The molecule has 0 N–H and O–H groups in total. The maximum absolute atomic E-state index is 14.4. The second kappa shape index (κ2) is 7.00. The van der Waals surface area contributed by atoms with Crippen molar-refractivity contribution in [3.63, 3.8) is 0 Å². The van der Waals surface area contributed by atoms with Crippen LogP contribution >= 0.6 is 0 Å². The number of halogens is 1. The van der Waals surface area contributed by atoms with E-state index in [2.05, 4.69) is 5.10 Å². The van der Waals surface area contributed by atoms with E-state index in [-0.39, 0.29) is 11.7 Å². The van der Waals surface area contributed by atoms with E-state index in [0.29, 0.717) is 25.0 Å². The molecule has 2 heterocycles. The molecule has 0 radical (unpaired) electrons. The summed E-state index contributed by atoms with van der Waals surface area (Å²) in [5, 5.41) is 6.02. The molecule has 1 saturated heterocycles. The molecule has 0 unspecified atom stereocenters. The minimum absolute atomic E-state index is 0.183. The van der Waals surface area contributed by atoms with E-state index in [9.17, 15) is 9.18 Å². The molecule has 0 aliphatic carbocycles. The molecule has 2 aromatic rings. The Morgan fingerprint density at radius 1 is 1.19 bits per heavy atom. The lowest BCUT2D eigenvalue weighted by Gasteiger charge is -2.24. The molecule has 4 nitrogen and oxygen atoms in total. The number of ether oxygens (including phenoxy) is 1. The van der Waals surface area contributed by atoms with Crippen LogP contribution in [0.25, 0.3) is 0 Å². The van der Waals surface area contributed by atoms with Gasteiger partial charge >= 0.3 is 0 Å². The Balaban J connectivity index is 1.69. The first-order valence-electron chi connectivity index (χ1n) is 8.97. The standard InChI is InChI=1S/C21H21FN2O2/c1-14-8-10-15(11-9-14)18-13-19(16-5-2-3-6-17(16)22)24(23-18)21(25)20-7-4-12-26-20/h2-3,5-6,8-11,19-20H,4,7,12-13H2,1H3/t19-,20+/m1/s1. The predicted molar refractivity (Wildman–Crippen MR) is 97.3 cm³/mol. The third kappa shape index (κ3) is 3.15. The van der Waals surface area contributed by atoms with Crippen LogP contribution in [0.5, 0.6) is 0 Å². The highest BCUT2D eigenvalue weighted by Crippen LogP contribution is 2.35. The average Bonchev–Trinajstić information content (AvgIpc) is 3.32. The Hall–Kier alpha value is -2.53. The van der Waals surface area contributed by atoms with Crippen LogP contribution in [0.3, 0.4) is 0 Å². The zero-order chi connectivity index (χ0) is 18.1. The predicted octanol–water partition coefficient (Wildman–Crippen LogP) is 3.99. The molecule has 0 saturated carbocycles. The van der Waals surface area contributed by atoms with Crippen LogP contribution in [-0.4, -0.2) is 29.3 Å². The van der Waals surface area contributed by atoms with Gasteiger partial charge in [-0.2, -0.15) is 5.10 Å². The minimum atomic E-state index is -0.481. The lowest BCUT2D eigenvalue weighted by Crippen LogP contribution is -2.36. The van der Waals surface area contributed by atoms with Gasteiger partial charge in [-0.25, -0.2) is 9.40 Å². The molecule has 2 atom stereocenters. The quantitative estimate of drug-likeness (QED) is 0.838. The molecule has 1 amide bonds. The van der Waals surface area contributed by atoms with Gasteiger partial charge in [-0.05, 0) is 31.4 Å². The number of nitrogens with zero attached hydrogens (tertiary/aromatic N) is 2. The summed E-state index contributed by atoms with van der Waals surface area (Å²) in [6.07, 6.45) is 1.56. The van der Waals surface area contributed by atoms with Crippen molar-refractivity contribution < 1.29 is 13.9 Å². The number of carbonyl (C=O) groups excluding carboxylic acids is 1. The number of hydrogen-bond donors (Lipinski definition) is 0. The van der Waals surface area contributed by atoms with Crippen molar-refractivity contribution >= 4 is 11.6 Å². The zero-order valence-corrected chi connectivity index (χ0v) is 14.7. The molecular formula is C21H21FN2O2. The number of rotatable bonds is 3. The molecule has 26 heavy (non-hydrogen) atoms. The zero-order valence-electron chi connectivity index (χ0n) is 14.7. The lowest BCUT2D eigenvalue weighted by molar-refractivity contribution is -0.142. The van der Waals surface area contributed by atoms with Crippen LogP contribution in [0, 0.1) is 12.7 Å². The van der Waals surface area contributed by atoms with Gasteiger partial charge in [-0.3, -0.25) is 4.79 Å². The first-order valence-corrected chi connectivity index (χ1v) is 8.97. The fraction of sp³-hybridized carbons (Fsp3) is 0.333. The third-order valence-corrected chi connectivity index (χ3v) is 4.99. The van der Waals surface area contributed by atoms with E-state index in [1.54, 1.807) is 18.2 Å². The van der Waals surface area contributed by atoms with Crippen LogP contribution < -0.4 is 0 Å². The summed E-state index contributed by atoms with van der Waals surface area (Å²) in [4.78, 5) is 12.9. The number of amides is 1. The highest BCUT2D eigenvalue weighted by molar-refractivity contribution is 6.03. The molecule has 0 spiro atoms. The number of aryl methyl sites for hydroxylation is 1. The maximum Gasteiger partial charge on any atom is 0.272 e. The molecule has 2 aromatic carbocycles. The highest BCUT2D eigenvalue weighted by Gasteiger charge is 2.38. The van der Waals surface area contributed by atoms with E-state index >= 15 is 0 Å². The Labute approximate surface area is 152 Å². The summed E-state index contributed by atoms with van der Waals surface area (Å²) in [6.45, 7) is 2.61. The normalized spacial score (nSPS) is 22.5. The number of hydrazone groups is 1. The minimum Gasteiger partial charge on any atom is -0.368 e. The lowest BCUT2D eigenvalue weighted by atomic mass is 9.97. The third-order valence-electron chi connectivity index (χ3n) is 4.99. The number of hydrogen-bond acceptors (Lipinski definition) is 3. The van der Waals surface area contributed by atoms with Crippen LogP contribution in [0.2, 0.25) is 0 Å². The van der Waals surface area contributed by atoms with Crippen molar-refractivity contribution in [3.8, 4) is 0 Å². The van der Waals surface area contributed by atoms with Gasteiger partial charge in [0.2, 0.25) is 0 Å². The maximum atomic E-state index is 14.4. The molecule has 0 bridgehead atoms. The van der Waals surface area contributed by atoms with Gasteiger partial charge in [0.05, 0.1) is 11.8 Å². The molecular weight excluding hydrogens is 331 g/mol. The van der Waals surface area contributed by atoms with Crippen LogP contribution in [0.4, 0.5) is 4.39 Å². The summed E-state index contributed by atoms with van der Waals surface area (Å²) >= 11 is 0. The van der Waals surface area contributed by atoms with Crippen molar-refractivity contribution in [1.29, 1.82) is 0 Å². The summed E-state index contributed by atoms with van der Waals surface area (Å²) in [6, 6.07) is 14.2. The molecule has 2 aliphatic rings. The fourth-order valence-electron chi connectivity index (χ4n) is 3.54. The Kier molecular flexibility index (Phi) is 4.55. The topological polar surface area (TPSA) is 41.9 Å². The van der Waals surface area contributed by atoms with Gasteiger partial charge in [-0.1, -0.05) is 48.0 Å². The van der Waals surface area contributed by atoms with E-state index in [0.717, 1.165) is 23.3 Å². The van der Waals surface area contributed by atoms with Gasteiger partial charge in [0.25, 0.3) is 5.91 Å². The van der Waals surface area contributed by atoms with Crippen LogP contribution in [0.15, 0.2) is 53.6 Å². The fourth-order valence-corrected chi connectivity index (χ4v) is 3.54. The largest absolute Gasteiger partial charge is 0.368 e. The van der Waals surface area contributed by atoms with E-state index < -0.39 is 12.1 Å². The van der Waals surface area contributed by atoms with E-state index in [4.69, 9.17) is 4.74 Å². The van der Waals surface area contributed by atoms with Gasteiger partial charge in [0.1, 0.15) is 11.9 Å². The second-order valence-electron chi connectivity index (χ2n) is 6.84. The first-order chi connectivity index (χ1) is 12.6. The van der Waals surface area contributed by atoms with E-state index in [1.165, 1.54) is 11.1 Å². The SMILES string of the molecule is Cc1ccc(C2=NN(C(=O)[C@@H]3CCCO3)[C@@H](c3ccccc3F)C2)cc1. The van der Waals surface area contributed by atoms with Crippen molar-refractivity contribution in [1.82, 2.24) is 5.01 Å². The first kappa shape index (κ1) is 16.9. The summed E-state index contributed by atoms with van der Waals surface area (Å²) in [5.74, 6) is -0.499. The van der Waals surface area contributed by atoms with Gasteiger partial charge < -0.3 is 4.74 Å². The summed E-state index contributed by atoms with van der Waals surface area (Å²) < 4.78 is 20.0. The Bertz CT molecular complexity index is 841. The Morgan fingerprint density at radius 2 is 1.96 bits per heavy atom. The number of benzene rings is 2. The second-order valence-corrected chi connectivity index (χ2v) is 6.84. The highest BCUT2D eigenvalue weighted by atomic mass is 19.1. The van der Waals surface area contributed by atoms with Gasteiger partial charge in [0.15, 0.2) is 0 Å². The smallest absolute Gasteiger partial charge is 0.272 e. The average molecular weight is 352 g/mol. The summed E-state index contributed by atoms with van der Waals surface area (Å²) in [7, 11) is 0. The molecule has 0 aromatic heterocycles. The van der Waals surface area contributed by atoms with Crippen LogP contribution in [0.1, 0.15) is 42.0 Å². The molecule has 4 rings (SSSR count). The summed E-state index contributed by atoms with van der Waals surface area (Å²) in [5.41, 5.74) is 3.40. The van der Waals surface area contributed by atoms with Crippen molar-refractivity contribution in [2.45, 2.75) is 38.3 Å². The Morgan fingerprint density at radius 3 is 2.65 bits per heavy atom. The molecule has 5 heteroatoms. The van der Waals surface area contributed by atoms with Crippen molar-refractivity contribution in [2.24, 2.45) is 5.10 Å². The van der Waals surface area contributed by atoms with Crippen molar-refractivity contribution in [3.05, 3.63) is 71.0 Å². The number of carbonyl (C=O) groups is 1. The van der Waals surface area contributed by atoms with E-state index in [1.807, 2.05) is 31.2 Å². The van der Waals surface area contributed by atoms with Gasteiger partial charge in [-0.15, -0.1) is 0 Å². The molecule has 2 aliphatic heterocycles. The van der Waals surface area contributed by atoms with Gasteiger partial charge in [0, 0.05) is 18.6 Å².